The zero-order valence-corrected chi connectivity index (χ0v) is 11.7. The number of rotatable bonds is 4. The van der Waals surface area contributed by atoms with Gasteiger partial charge < -0.3 is 4.74 Å². The molecule has 1 aromatic rings. The van der Waals surface area contributed by atoms with Crippen molar-refractivity contribution >= 4 is 9.84 Å². The first-order chi connectivity index (χ1) is 9.25. The number of benzene rings is 1. The molecule has 1 aliphatic rings. The van der Waals surface area contributed by atoms with Crippen LogP contribution in [0, 0.1) is 5.92 Å². The lowest BCUT2D eigenvalue weighted by atomic mass is 9.85. The summed E-state index contributed by atoms with van der Waals surface area (Å²) in [5.74, 6) is 0.172. The van der Waals surface area contributed by atoms with Gasteiger partial charge >= 0.3 is 6.18 Å². The van der Waals surface area contributed by atoms with Crippen LogP contribution in [0.25, 0.3) is 0 Å². The number of ether oxygens (including phenoxy) is 1. The van der Waals surface area contributed by atoms with Crippen LogP contribution in [-0.4, -0.2) is 27.4 Å². The Labute approximate surface area is 115 Å². The Morgan fingerprint density at radius 1 is 1.30 bits per heavy atom. The molecule has 0 amide bonds. The lowest BCUT2D eigenvalue weighted by Gasteiger charge is -2.34. The van der Waals surface area contributed by atoms with E-state index >= 15 is 0 Å². The van der Waals surface area contributed by atoms with Crippen LogP contribution in [0.1, 0.15) is 18.4 Å². The number of alkyl halides is 3. The molecule has 0 unspecified atom stereocenters. The zero-order chi connectivity index (χ0) is 15.0. The topological polar surface area (TPSA) is 43.4 Å². The number of hydrogen-bond donors (Lipinski definition) is 0. The van der Waals surface area contributed by atoms with E-state index in [4.69, 9.17) is 4.74 Å². The van der Waals surface area contributed by atoms with Gasteiger partial charge in [-0.3, -0.25) is 0 Å². The molecule has 0 atom stereocenters. The van der Waals surface area contributed by atoms with Gasteiger partial charge in [-0.25, -0.2) is 8.42 Å². The van der Waals surface area contributed by atoms with Crippen molar-refractivity contribution < 1.29 is 26.3 Å². The predicted molar refractivity (Wildman–Crippen MR) is 67.0 cm³/mol. The van der Waals surface area contributed by atoms with Crippen LogP contribution in [0.5, 0.6) is 0 Å². The fourth-order valence-corrected chi connectivity index (χ4v) is 4.34. The molecule has 3 nitrogen and oxygen atoms in total. The maximum atomic E-state index is 12.6. The van der Waals surface area contributed by atoms with Crippen LogP contribution in [-0.2, 0) is 20.8 Å². The molecule has 112 valence electrons. The Bertz CT molecular complexity index is 575. The number of sulfone groups is 1. The Kier molecular flexibility index (Phi) is 4.11. The van der Waals surface area contributed by atoms with Crippen molar-refractivity contribution in [3.05, 3.63) is 29.8 Å². The molecule has 0 saturated heterocycles. The summed E-state index contributed by atoms with van der Waals surface area (Å²) in [6.45, 7) is 0.481. The van der Waals surface area contributed by atoms with Crippen LogP contribution in [0.4, 0.5) is 13.2 Å². The van der Waals surface area contributed by atoms with E-state index in [9.17, 15) is 21.6 Å². The molecule has 0 radical (unpaired) electrons. The smallest absolute Gasteiger partial charge is 0.384 e. The standard InChI is InChI=1S/C13H15F3O3S/c1-19-8-9-5-12(6-9)20(17,18)11-4-2-3-10(7-11)13(14,15)16/h2-4,7,9,12H,5-6,8H2,1H3. The molecule has 0 bridgehead atoms. The fraction of sp³-hybridized carbons (Fsp3) is 0.538. The molecule has 1 saturated carbocycles. The van der Waals surface area contributed by atoms with E-state index in [2.05, 4.69) is 0 Å². The molecule has 7 heteroatoms. The molecular weight excluding hydrogens is 293 g/mol. The fourth-order valence-electron chi connectivity index (χ4n) is 2.34. The number of halogens is 3. The third-order valence-corrected chi connectivity index (χ3v) is 5.70. The van der Waals surface area contributed by atoms with Gasteiger partial charge in [0.1, 0.15) is 0 Å². The highest BCUT2D eigenvalue weighted by Crippen LogP contribution is 2.38. The van der Waals surface area contributed by atoms with Crippen LogP contribution in [0.2, 0.25) is 0 Å². The normalized spacial score (nSPS) is 23.4. The van der Waals surface area contributed by atoms with Gasteiger partial charge in [-0.05, 0) is 37.0 Å². The highest BCUT2D eigenvalue weighted by atomic mass is 32.2. The first-order valence-corrected chi connectivity index (χ1v) is 7.70. The maximum Gasteiger partial charge on any atom is 0.416 e. The molecule has 20 heavy (non-hydrogen) atoms. The van der Waals surface area contributed by atoms with Gasteiger partial charge in [0, 0.05) is 13.7 Å². The lowest BCUT2D eigenvalue weighted by Crippen LogP contribution is -2.38. The summed E-state index contributed by atoms with van der Waals surface area (Å²) in [4.78, 5) is -0.256. The average Bonchev–Trinajstić information content (AvgIpc) is 2.32. The van der Waals surface area contributed by atoms with E-state index in [-0.39, 0.29) is 10.8 Å². The Balaban J connectivity index is 2.19. The highest BCUT2D eigenvalue weighted by molar-refractivity contribution is 7.92. The predicted octanol–water partition coefficient (Wildman–Crippen LogP) is 2.90. The third kappa shape index (κ3) is 2.98. The van der Waals surface area contributed by atoms with Crippen LogP contribution < -0.4 is 0 Å². The lowest BCUT2D eigenvalue weighted by molar-refractivity contribution is -0.137. The summed E-state index contributed by atoms with van der Waals surface area (Å²) >= 11 is 0. The summed E-state index contributed by atoms with van der Waals surface area (Å²) in [5.41, 5.74) is -0.939. The molecule has 0 aromatic heterocycles. The van der Waals surface area contributed by atoms with Crippen LogP contribution in [0.15, 0.2) is 29.2 Å². The van der Waals surface area contributed by atoms with E-state index in [0.29, 0.717) is 25.5 Å². The maximum absolute atomic E-state index is 12.6. The highest BCUT2D eigenvalue weighted by Gasteiger charge is 2.40. The van der Waals surface area contributed by atoms with Gasteiger partial charge in [0.2, 0.25) is 0 Å². The second-order valence-corrected chi connectivity index (χ2v) is 7.21. The molecule has 1 fully saturated rings. The van der Waals surface area contributed by atoms with Gasteiger partial charge in [-0.15, -0.1) is 0 Å². The van der Waals surface area contributed by atoms with Crippen molar-refractivity contribution in [1.29, 1.82) is 0 Å². The van der Waals surface area contributed by atoms with Crippen LogP contribution in [0.3, 0.4) is 0 Å². The minimum absolute atomic E-state index is 0.172. The largest absolute Gasteiger partial charge is 0.416 e. The summed E-state index contributed by atoms with van der Waals surface area (Å²) in [6.07, 6.45) is -3.66. The molecular formula is C13H15F3O3S. The Hall–Kier alpha value is -1.08. The quantitative estimate of drug-likeness (QED) is 0.859. The van der Waals surface area contributed by atoms with E-state index < -0.39 is 26.8 Å². The molecule has 1 aliphatic carbocycles. The van der Waals surface area contributed by atoms with Crippen molar-refractivity contribution in [3.63, 3.8) is 0 Å². The third-order valence-electron chi connectivity index (χ3n) is 3.52. The number of methoxy groups -OCH3 is 1. The minimum Gasteiger partial charge on any atom is -0.384 e. The second-order valence-electron chi connectivity index (χ2n) is 4.99. The average molecular weight is 308 g/mol. The van der Waals surface area contributed by atoms with Gasteiger partial charge in [-0.2, -0.15) is 13.2 Å². The van der Waals surface area contributed by atoms with Crippen molar-refractivity contribution in [2.24, 2.45) is 5.92 Å². The van der Waals surface area contributed by atoms with Crippen molar-refractivity contribution in [1.82, 2.24) is 0 Å². The van der Waals surface area contributed by atoms with Gasteiger partial charge in [0.05, 0.1) is 15.7 Å². The molecule has 1 aromatic carbocycles. The number of hydrogen-bond acceptors (Lipinski definition) is 3. The molecule has 0 spiro atoms. The zero-order valence-electron chi connectivity index (χ0n) is 10.9. The van der Waals surface area contributed by atoms with E-state index in [0.717, 1.165) is 12.1 Å². The Morgan fingerprint density at radius 2 is 1.95 bits per heavy atom. The molecule has 2 rings (SSSR count). The molecule has 0 heterocycles. The first-order valence-electron chi connectivity index (χ1n) is 6.15. The monoisotopic (exact) mass is 308 g/mol. The molecule has 0 aliphatic heterocycles. The van der Waals surface area contributed by atoms with Crippen molar-refractivity contribution in [2.45, 2.75) is 29.2 Å². The SMILES string of the molecule is COCC1CC(S(=O)(=O)c2cccc(C(F)(F)F)c2)C1. The summed E-state index contributed by atoms with van der Waals surface area (Å²) in [5, 5.41) is -0.605. The van der Waals surface area contributed by atoms with E-state index in [1.807, 2.05) is 0 Å². The van der Waals surface area contributed by atoms with Crippen molar-refractivity contribution in [2.75, 3.05) is 13.7 Å². The Morgan fingerprint density at radius 3 is 2.50 bits per heavy atom. The van der Waals surface area contributed by atoms with E-state index in [1.165, 1.54) is 13.2 Å². The van der Waals surface area contributed by atoms with Crippen molar-refractivity contribution in [3.8, 4) is 0 Å². The van der Waals surface area contributed by atoms with E-state index in [1.54, 1.807) is 0 Å². The summed E-state index contributed by atoms with van der Waals surface area (Å²) in [7, 11) is -2.16. The summed E-state index contributed by atoms with van der Waals surface area (Å²) < 4.78 is 67.2. The van der Waals surface area contributed by atoms with Crippen LogP contribution >= 0.6 is 0 Å². The van der Waals surface area contributed by atoms with Gasteiger partial charge in [0.15, 0.2) is 9.84 Å². The summed E-state index contributed by atoms with van der Waals surface area (Å²) in [6, 6.07) is 3.92. The molecule has 0 N–H and O–H groups in total. The minimum atomic E-state index is -4.54. The second kappa shape index (κ2) is 5.37. The van der Waals surface area contributed by atoms with Gasteiger partial charge in [-0.1, -0.05) is 6.07 Å². The first kappa shape index (κ1) is 15.3. The van der Waals surface area contributed by atoms with Gasteiger partial charge in [0.25, 0.3) is 0 Å².